The Bertz CT molecular complexity index is 232. The van der Waals surface area contributed by atoms with Crippen molar-refractivity contribution < 1.29 is 13.2 Å². The molecule has 1 aromatic heterocycles. The molecule has 15 heavy (non-hydrogen) atoms. The van der Waals surface area contributed by atoms with Gasteiger partial charge in [0.25, 0.3) is 0 Å². The zero-order chi connectivity index (χ0) is 10.6. The monoisotopic (exact) mass is 260 g/mol. The lowest BCUT2D eigenvalue weighted by Crippen LogP contribution is -2.38. The average Bonchev–Trinajstić information content (AvgIpc) is 2.76. The molecular formula is C8H12ClF3N2S. The van der Waals surface area contributed by atoms with E-state index in [0.29, 0.717) is 12.8 Å². The second kappa shape index (κ2) is 6.30. The quantitative estimate of drug-likeness (QED) is 0.843. The second-order valence-corrected chi connectivity index (χ2v) is 3.84. The van der Waals surface area contributed by atoms with Crippen molar-refractivity contribution in [1.29, 1.82) is 0 Å². The van der Waals surface area contributed by atoms with Crippen LogP contribution in [-0.4, -0.2) is 17.2 Å². The van der Waals surface area contributed by atoms with Gasteiger partial charge in [0.2, 0.25) is 0 Å². The van der Waals surface area contributed by atoms with Gasteiger partial charge in [-0.05, 0) is 18.8 Å². The Morgan fingerprint density at radius 3 is 2.13 bits per heavy atom. The van der Waals surface area contributed by atoms with Crippen molar-refractivity contribution in [3.63, 3.8) is 0 Å². The summed E-state index contributed by atoms with van der Waals surface area (Å²) in [6.45, 7) is 0. The maximum atomic E-state index is 11.6. The van der Waals surface area contributed by atoms with Gasteiger partial charge in [-0.2, -0.15) is 13.2 Å². The molecule has 0 amide bonds. The minimum atomic E-state index is -4.18. The standard InChI is InChI=1S/C5H8F3N.C3H3NS.ClH/c6-5(7,8)4(9)3-1-2-3;1-2-5-3-4-1;/h3-4H,1-2,9H2;1-3H;1H. The summed E-state index contributed by atoms with van der Waals surface area (Å²) in [6, 6.07) is -1.57. The molecule has 7 heteroatoms. The van der Waals surface area contributed by atoms with Crippen LogP contribution in [0.1, 0.15) is 12.8 Å². The van der Waals surface area contributed by atoms with Gasteiger partial charge in [0, 0.05) is 11.6 Å². The average molecular weight is 261 g/mol. The molecule has 1 atom stereocenters. The molecule has 2 N–H and O–H groups in total. The van der Waals surface area contributed by atoms with E-state index in [4.69, 9.17) is 5.73 Å². The summed E-state index contributed by atoms with van der Waals surface area (Å²) >= 11 is 1.60. The molecule has 0 aliphatic heterocycles. The summed E-state index contributed by atoms with van der Waals surface area (Å²) in [5.74, 6) is -0.287. The van der Waals surface area contributed by atoms with Crippen LogP contribution in [0, 0.1) is 5.92 Å². The van der Waals surface area contributed by atoms with E-state index >= 15 is 0 Å². The molecule has 1 heterocycles. The van der Waals surface area contributed by atoms with E-state index in [1.807, 2.05) is 5.38 Å². The number of aromatic nitrogens is 1. The van der Waals surface area contributed by atoms with Crippen LogP contribution in [0.2, 0.25) is 0 Å². The first kappa shape index (κ1) is 14.7. The zero-order valence-corrected chi connectivity index (χ0v) is 9.41. The van der Waals surface area contributed by atoms with Crippen LogP contribution in [0.25, 0.3) is 0 Å². The second-order valence-electron chi connectivity index (χ2n) is 3.08. The van der Waals surface area contributed by atoms with Gasteiger partial charge < -0.3 is 5.73 Å². The lowest BCUT2D eigenvalue weighted by molar-refractivity contribution is -0.151. The molecule has 2 nitrogen and oxygen atoms in total. The van der Waals surface area contributed by atoms with E-state index in [9.17, 15) is 13.2 Å². The fourth-order valence-electron chi connectivity index (χ4n) is 0.898. The van der Waals surface area contributed by atoms with E-state index in [2.05, 4.69) is 4.98 Å². The van der Waals surface area contributed by atoms with Crippen molar-refractivity contribution in [2.75, 3.05) is 0 Å². The molecule has 0 bridgehead atoms. The highest BCUT2D eigenvalue weighted by Gasteiger charge is 2.46. The van der Waals surface area contributed by atoms with Crippen molar-refractivity contribution in [2.24, 2.45) is 11.7 Å². The van der Waals surface area contributed by atoms with E-state index in [1.54, 1.807) is 23.0 Å². The van der Waals surface area contributed by atoms with Crippen LogP contribution in [-0.2, 0) is 0 Å². The molecule has 1 saturated carbocycles. The molecule has 1 aliphatic carbocycles. The fraction of sp³-hybridized carbons (Fsp3) is 0.625. The van der Waals surface area contributed by atoms with Crippen molar-refractivity contribution in [1.82, 2.24) is 4.98 Å². The number of alkyl halides is 3. The van der Waals surface area contributed by atoms with Crippen LogP contribution in [0.4, 0.5) is 13.2 Å². The molecule has 1 aliphatic rings. The summed E-state index contributed by atoms with van der Waals surface area (Å²) in [6.07, 6.45) is -1.13. The highest BCUT2D eigenvalue weighted by atomic mass is 35.5. The Balaban J connectivity index is 0.000000280. The van der Waals surface area contributed by atoms with Gasteiger partial charge >= 0.3 is 6.18 Å². The minimum Gasteiger partial charge on any atom is -0.320 e. The first-order chi connectivity index (χ1) is 6.52. The summed E-state index contributed by atoms with van der Waals surface area (Å²) in [5.41, 5.74) is 6.62. The summed E-state index contributed by atoms with van der Waals surface area (Å²) in [4.78, 5) is 3.74. The lowest BCUT2D eigenvalue weighted by atomic mass is 10.2. The van der Waals surface area contributed by atoms with E-state index in [-0.39, 0.29) is 18.3 Å². The van der Waals surface area contributed by atoms with Crippen molar-refractivity contribution in [2.45, 2.75) is 25.1 Å². The Hall–Kier alpha value is -0.330. The SMILES string of the molecule is Cl.NC(C1CC1)C(F)(F)F.c1cscn1. The van der Waals surface area contributed by atoms with Gasteiger partial charge in [-0.1, -0.05) is 0 Å². The maximum Gasteiger partial charge on any atom is 0.403 e. The van der Waals surface area contributed by atoms with Crippen molar-refractivity contribution in [3.8, 4) is 0 Å². The number of nitrogens with zero attached hydrogens (tertiary/aromatic N) is 1. The molecule has 0 spiro atoms. The molecule has 1 fully saturated rings. The number of hydrogen-bond donors (Lipinski definition) is 1. The first-order valence-electron chi connectivity index (χ1n) is 4.16. The van der Waals surface area contributed by atoms with Gasteiger partial charge in [-0.15, -0.1) is 23.7 Å². The normalized spacial score (nSPS) is 17.1. The van der Waals surface area contributed by atoms with Gasteiger partial charge in [-0.3, -0.25) is 4.98 Å². The van der Waals surface area contributed by atoms with Gasteiger partial charge in [0.05, 0.1) is 5.51 Å². The topological polar surface area (TPSA) is 38.9 Å². The number of thiazole rings is 1. The molecular weight excluding hydrogens is 249 g/mol. The largest absolute Gasteiger partial charge is 0.403 e. The smallest absolute Gasteiger partial charge is 0.320 e. The van der Waals surface area contributed by atoms with Crippen LogP contribution < -0.4 is 5.73 Å². The van der Waals surface area contributed by atoms with Crippen LogP contribution in [0.5, 0.6) is 0 Å². The summed E-state index contributed by atoms with van der Waals surface area (Å²) in [7, 11) is 0. The molecule has 88 valence electrons. The summed E-state index contributed by atoms with van der Waals surface area (Å²) in [5, 5.41) is 1.93. The molecule has 0 radical (unpaired) electrons. The molecule has 0 saturated heterocycles. The van der Waals surface area contributed by atoms with E-state index in [0.717, 1.165) is 0 Å². The predicted molar refractivity (Wildman–Crippen MR) is 56.1 cm³/mol. The highest BCUT2D eigenvalue weighted by molar-refractivity contribution is 7.07. The van der Waals surface area contributed by atoms with Crippen LogP contribution in [0.3, 0.4) is 0 Å². The fourth-order valence-corrected chi connectivity index (χ4v) is 1.25. The Labute approximate surface area is 96.1 Å². The maximum absolute atomic E-state index is 11.6. The Kier molecular flexibility index (Phi) is 6.16. The first-order valence-corrected chi connectivity index (χ1v) is 5.10. The molecule has 1 aromatic rings. The molecule has 1 unspecified atom stereocenters. The van der Waals surface area contributed by atoms with Crippen molar-refractivity contribution in [3.05, 3.63) is 17.1 Å². The third kappa shape index (κ3) is 5.96. The Morgan fingerprint density at radius 2 is 2.00 bits per heavy atom. The minimum absolute atomic E-state index is 0. The van der Waals surface area contributed by atoms with E-state index in [1.165, 1.54) is 0 Å². The zero-order valence-electron chi connectivity index (χ0n) is 7.78. The van der Waals surface area contributed by atoms with E-state index < -0.39 is 12.2 Å². The molecule has 2 rings (SSSR count). The predicted octanol–water partition coefficient (Wildman–Crippen LogP) is 2.85. The van der Waals surface area contributed by atoms with Gasteiger partial charge in [-0.25, -0.2) is 0 Å². The lowest BCUT2D eigenvalue weighted by Gasteiger charge is -2.13. The van der Waals surface area contributed by atoms with Crippen LogP contribution >= 0.6 is 23.7 Å². The number of rotatable bonds is 1. The summed E-state index contributed by atoms with van der Waals surface area (Å²) < 4.78 is 34.8. The van der Waals surface area contributed by atoms with Crippen molar-refractivity contribution >= 4 is 23.7 Å². The third-order valence-corrected chi connectivity index (χ3v) is 2.38. The molecule has 0 aromatic carbocycles. The number of halogens is 4. The Morgan fingerprint density at radius 1 is 1.40 bits per heavy atom. The van der Waals surface area contributed by atoms with Crippen LogP contribution in [0.15, 0.2) is 17.1 Å². The highest BCUT2D eigenvalue weighted by Crippen LogP contribution is 2.38. The number of hydrogen-bond acceptors (Lipinski definition) is 3. The third-order valence-electron chi connectivity index (χ3n) is 1.86. The van der Waals surface area contributed by atoms with Gasteiger partial charge in [0.15, 0.2) is 0 Å². The number of nitrogens with two attached hydrogens (primary N) is 1. The van der Waals surface area contributed by atoms with Gasteiger partial charge in [0.1, 0.15) is 6.04 Å².